The van der Waals surface area contributed by atoms with Gasteiger partial charge in [0.05, 0.1) is 5.69 Å². The Morgan fingerprint density at radius 3 is 2.62 bits per heavy atom. The van der Waals surface area contributed by atoms with Crippen LogP contribution in [0.4, 0.5) is 5.82 Å². The Balaban J connectivity index is 1.90. The van der Waals surface area contributed by atoms with Gasteiger partial charge >= 0.3 is 5.97 Å². The summed E-state index contributed by atoms with van der Waals surface area (Å²) in [5, 5.41) is 13.1. The van der Waals surface area contributed by atoms with Crippen LogP contribution in [0.15, 0.2) is 53.7 Å². The molecule has 1 aromatic carbocycles. The smallest absolute Gasteiger partial charge is 0.352 e. The first kappa shape index (κ1) is 15.8. The number of H-pyrrole nitrogens is 1. The molecule has 8 nitrogen and oxygen atoms in total. The van der Waals surface area contributed by atoms with Crippen molar-refractivity contribution in [1.29, 1.82) is 0 Å². The van der Waals surface area contributed by atoms with Gasteiger partial charge in [0.2, 0.25) is 0 Å². The van der Waals surface area contributed by atoms with Gasteiger partial charge in [-0.2, -0.15) is 0 Å². The highest BCUT2D eigenvalue weighted by Gasteiger charge is 2.20. The van der Waals surface area contributed by atoms with Crippen LogP contribution >= 0.6 is 0 Å². The Hall–Kier alpha value is -3.07. The first-order valence-corrected chi connectivity index (χ1v) is 8.41. The zero-order valence-electron chi connectivity index (χ0n) is 12.6. The molecule has 0 aliphatic rings. The Morgan fingerprint density at radius 2 is 2.00 bits per heavy atom. The summed E-state index contributed by atoms with van der Waals surface area (Å²) in [4.78, 5) is 13.1. The minimum absolute atomic E-state index is 0.173. The van der Waals surface area contributed by atoms with E-state index in [0.717, 1.165) is 18.0 Å². The topological polar surface area (TPSA) is 117 Å². The minimum atomic E-state index is -3.94. The van der Waals surface area contributed by atoms with Crippen LogP contribution < -0.4 is 4.72 Å². The Morgan fingerprint density at radius 1 is 1.29 bits per heavy atom. The summed E-state index contributed by atoms with van der Waals surface area (Å²) in [6.45, 7) is 1.73. The van der Waals surface area contributed by atoms with Crippen molar-refractivity contribution in [1.82, 2.24) is 14.8 Å². The number of carboxylic acids is 1. The van der Waals surface area contributed by atoms with E-state index in [1.54, 1.807) is 17.8 Å². The number of aryl methyl sites for hydroxylation is 1. The second-order valence-corrected chi connectivity index (χ2v) is 6.78. The maximum atomic E-state index is 12.4. The quantitative estimate of drug-likeness (QED) is 0.653. The van der Waals surface area contributed by atoms with E-state index in [1.165, 1.54) is 0 Å². The highest BCUT2D eigenvalue weighted by atomic mass is 32.2. The summed E-state index contributed by atoms with van der Waals surface area (Å²) in [6.07, 6.45) is 2.82. The van der Waals surface area contributed by atoms with Crippen LogP contribution in [0, 0.1) is 6.92 Å². The van der Waals surface area contributed by atoms with Crippen molar-refractivity contribution < 1.29 is 18.3 Å². The minimum Gasteiger partial charge on any atom is -0.477 e. The number of aromatic carboxylic acids is 1. The molecule has 2 aromatic heterocycles. The second kappa shape index (κ2) is 5.85. The Bertz CT molecular complexity index is 990. The summed E-state index contributed by atoms with van der Waals surface area (Å²) in [6, 6.07) is 10.3. The molecular weight excluding hydrogens is 332 g/mol. The summed E-state index contributed by atoms with van der Waals surface area (Å²) in [5.74, 6) is -1.06. The maximum absolute atomic E-state index is 12.4. The van der Waals surface area contributed by atoms with Crippen LogP contribution in [0.1, 0.15) is 16.1 Å². The van der Waals surface area contributed by atoms with Crippen molar-refractivity contribution in [3.8, 4) is 5.69 Å². The molecule has 3 aromatic rings. The zero-order valence-corrected chi connectivity index (χ0v) is 13.4. The fourth-order valence-corrected chi connectivity index (χ4v) is 3.17. The number of nitrogens with one attached hydrogen (secondary N) is 2. The van der Waals surface area contributed by atoms with Gasteiger partial charge in [0.1, 0.15) is 10.6 Å². The Kier molecular flexibility index (Phi) is 3.86. The maximum Gasteiger partial charge on any atom is 0.352 e. The van der Waals surface area contributed by atoms with E-state index in [1.807, 2.05) is 30.3 Å². The third kappa shape index (κ3) is 3.01. The number of carboxylic acid groups (broad SMARTS) is 1. The normalized spacial score (nSPS) is 11.4. The van der Waals surface area contributed by atoms with Gasteiger partial charge in [0.25, 0.3) is 10.0 Å². The molecule has 124 valence electrons. The first-order chi connectivity index (χ1) is 11.4. The number of sulfonamides is 1. The van der Waals surface area contributed by atoms with Crippen LogP contribution in [0.2, 0.25) is 0 Å². The van der Waals surface area contributed by atoms with Gasteiger partial charge in [-0.25, -0.2) is 17.9 Å². The van der Waals surface area contributed by atoms with Gasteiger partial charge in [-0.15, -0.1) is 5.10 Å². The molecule has 0 fully saturated rings. The summed E-state index contributed by atoms with van der Waals surface area (Å²) in [7, 11) is -3.94. The fraction of sp³-hybridized carbons (Fsp3) is 0.0667. The van der Waals surface area contributed by atoms with E-state index in [4.69, 9.17) is 5.11 Å². The summed E-state index contributed by atoms with van der Waals surface area (Å²) < 4.78 is 28.7. The summed E-state index contributed by atoms with van der Waals surface area (Å²) >= 11 is 0. The highest BCUT2D eigenvalue weighted by molar-refractivity contribution is 7.92. The highest BCUT2D eigenvalue weighted by Crippen LogP contribution is 2.20. The molecule has 0 bridgehead atoms. The predicted molar refractivity (Wildman–Crippen MR) is 86.9 cm³/mol. The number of anilines is 1. The van der Waals surface area contributed by atoms with E-state index < -0.39 is 16.0 Å². The lowest BCUT2D eigenvalue weighted by molar-refractivity contribution is 0.0691. The lowest BCUT2D eigenvalue weighted by atomic mass is 10.3. The molecule has 3 N–H and O–H groups in total. The summed E-state index contributed by atoms with van der Waals surface area (Å²) in [5.41, 5.74) is 1.22. The van der Waals surface area contributed by atoms with E-state index in [0.29, 0.717) is 5.56 Å². The van der Waals surface area contributed by atoms with Crippen molar-refractivity contribution >= 4 is 21.8 Å². The molecule has 0 unspecified atom stereocenters. The number of aromatic amines is 1. The molecule has 0 radical (unpaired) electrons. The number of para-hydroxylation sites is 1. The molecule has 3 rings (SSSR count). The van der Waals surface area contributed by atoms with Gasteiger partial charge < -0.3 is 10.1 Å². The molecule has 24 heavy (non-hydrogen) atoms. The number of hydrogen-bond donors (Lipinski definition) is 3. The average molecular weight is 346 g/mol. The van der Waals surface area contributed by atoms with E-state index in [9.17, 15) is 13.2 Å². The lowest BCUT2D eigenvalue weighted by Crippen LogP contribution is -2.13. The van der Waals surface area contributed by atoms with Crippen LogP contribution in [-0.2, 0) is 10.0 Å². The molecule has 9 heteroatoms. The van der Waals surface area contributed by atoms with Crippen LogP contribution in [0.3, 0.4) is 0 Å². The third-order valence-electron chi connectivity index (χ3n) is 3.35. The molecule has 0 aliphatic heterocycles. The van der Waals surface area contributed by atoms with Crippen LogP contribution in [-0.4, -0.2) is 34.3 Å². The average Bonchev–Trinajstić information content (AvgIpc) is 3.16. The molecule has 0 aliphatic carbocycles. The predicted octanol–water partition coefficient (Wildman–Crippen LogP) is 2.01. The number of hydrogen-bond acceptors (Lipinski definition) is 4. The molecule has 0 spiro atoms. The van der Waals surface area contributed by atoms with Gasteiger partial charge in [-0.3, -0.25) is 4.72 Å². The van der Waals surface area contributed by atoms with E-state index in [2.05, 4.69) is 14.8 Å². The van der Waals surface area contributed by atoms with Crippen LogP contribution in [0.5, 0.6) is 0 Å². The fourth-order valence-electron chi connectivity index (χ4n) is 2.11. The van der Waals surface area contributed by atoms with E-state index >= 15 is 0 Å². The largest absolute Gasteiger partial charge is 0.477 e. The SMILES string of the molecule is Cc1cn(-c2ccccc2)nc1NS(=O)(=O)c1c[nH]c(C(=O)O)c1. The van der Waals surface area contributed by atoms with Crippen molar-refractivity contribution in [3.63, 3.8) is 0 Å². The van der Waals surface area contributed by atoms with Gasteiger partial charge in [0, 0.05) is 18.0 Å². The zero-order chi connectivity index (χ0) is 17.3. The second-order valence-electron chi connectivity index (χ2n) is 5.10. The molecule has 0 saturated heterocycles. The standard InChI is InChI=1S/C15H14N4O4S/c1-10-9-19(11-5-3-2-4-6-11)17-14(10)18-24(22,23)12-7-13(15(20)21)16-8-12/h2-9,16H,1H3,(H,17,18)(H,20,21). The number of rotatable bonds is 5. The molecular formula is C15H14N4O4S. The van der Waals surface area contributed by atoms with Gasteiger partial charge in [0.15, 0.2) is 5.82 Å². The van der Waals surface area contributed by atoms with Crippen molar-refractivity contribution in [2.45, 2.75) is 11.8 Å². The molecule has 0 saturated carbocycles. The van der Waals surface area contributed by atoms with Crippen LogP contribution in [0.25, 0.3) is 5.69 Å². The van der Waals surface area contributed by atoms with Gasteiger partial charge in [-0.1, -0.05) is 18.2 Å². The van der Waals surface area contributed by atoms with Gasteiger partial charge in [-0.05, 0) is 25.1 Å². The Labute approximate surface area is 137 Å². The van der Waals surface area contributed by atoms with E-state index in [-0.39, 0.29) is 16.4 Å². The molecule has 0 amide bonds. The number of benzene rings is 1. The number of carbonyl (C=O) groups is 1. The van der Waals surface area contributed by atoms with Crippen molar-refractivity contribution in [2.75, 3.05) is 4.72 Å². The monoisotopic (exact) mass is 346 g/mol. The lowest BCUT2D eigenvalue weighted by Gasteiger charge is -2.04. The number of aromatic nitrogens is 3. The molecule has 2 heterocycles. The van der Waals surface area contributed by atoms with Crippen molar-refractivity contribution in [3.05, 3.63) is 60.0 Å². The third-order valence-corrected chi connectivity index (χ3v) is 4.66. The molecule has 0 atom stereocenters. The van der Waals surface area contributed by atoms with Crippen molar-refractivity contribution in [2.24, 2.45) is 0 Å². The number of nitrogens with zero attached hydrogens (tertiary/aromatic N) is 2. The first-order valence-electron chi connectivity index (χ1n) is 6.93.